The highest BCUT2D eigenvalue weighted by molar-refractivity contribution is 5.97. The zero-order chi connectivity index (χ0) is 26.2. The molecule has 0 aliphatic heterocycles. The molecule has 37 heavy (non-hydrogen) atoms. The summed E-state index contributed by atoms with van der Waals surface area (Å²) >= 11 is 0. The summed E-state index contributed by atoms with van der Waals surface area (Å²) in [7, 11) is 0. The largest absolute Gasteiger partial charge is 0.339 e. The molecule has 0 aliphatic rings. The van der Waals surface area contributed by atoms with Gasteiger partial charge in [-0.1, -0.05) is 39.0 Å². The number of anilines is 1. The predicted octanol–water partition coefficient (Wildman–Crippen LogP) is 2.01. The summed E-state index contributed by atoms with van der Waals surface area (Å²) < 4.78 is 0. The van der Waals surface area contributed by atoms with Gasteiger partial charge in [-0.15, -0.1) is 0 Å². The van der Waals surface area contributed by atoms with Gasteiger partial charge in [0.2, 0.25) is 5.91 Å². The Hall–Kier alpha value is -4.15. The number of carbonyl (C=O) groups is 3. The predicted molar refractivity (Wildman–Crippen MR) is 145 cm³/mol. The third-order valence-electron chi connectivity index (χ3n) is 5.00. The molecule has 0 aromatic heterocycles. The summed E-state index contributed by atoms with van der Waals surface area (Å²) in [5.74, 6) is 9.98. The lowest BCUT2D eigenvalue weighted by atomic mass is 10.1. The molecule has 7 N–H and O–H groups in total. The molecule has 0 aliphatic carbocycles. The number of hydroxylamine groups is 1. The molecule has 0 spiro atoms. The fraction of sp³-hybridized carbons (Fsp3) is 0.321. The van der Waals surface area contributed by atoms with Crippen LogP contribution >= 0.6 is 0 Å². The summed E-state index contributed by atoms with van der Waals surface area (Å²) in [6.07, 6.45) is 3.36. The highest BCUT2D eigenvalue weighted by Gasteiger charge is 2.19. The zero-order valence-corrected chi connectivity index (χ0v) is 20.2. The summed E-state index contributed by atoms with van der Waals surface area (Å²) in [6.45, 7) is 3.09. The molecule has 2 aromatic rings. The molecule has 0 unspecified atom stereocenters. The number of rotatable bonds is 11. The summed E-state index contributed by atoms with van der Waals surface area (Å²) in [5.41, 5.74) is 9.32. The first-order valence-corrected chi connectivity index (χ1v) is 11.6. The Morgan fingerprint density at radius 1 is 0.946 bits per heavy atom. The van der Waals surface area contributed by atoms with Crippen molar-refractivity contribution in [3.63, 3.8) is 0 Å². The molecular weight excluding hydrogens is 470 g/mol. The van der Waals surface area contributed by atoms with Gasteiger partial charge in [-0.3, -0.25) is 19.6 Å². The standard InChI is InChI=1S/C27H31N5O4.CH4/c1-2-3-6-17-29-19-25(33)30-23-15-11-21(12-16-23)8-5-4-7-20-9-13-22(14-10-20)26(34)31-24(18-28)27(35)32-36;/h9-16,24,29,36H,2-3,6,17-19,28H2,1H3,(H,30,33)(H,31,34)(H,32,35);1H4/t24-;/m0./s1. The van der Waals surface area contributed by atoms with Gasteiger partial charge in [0.15, 0.2) is 0 Å². The quantitative estimate of drug-likeness (QED) is 0.119. The van der Waals surface area contributed by atoms with E-state index >= 15 is 0 Å². The van der Waals surface area contributed by atoms with Gasteiger partial charge in [0, 0.05) is 28.9 Å². The lowest BCUT2D eigenvalue weighted by Crippen LogP contribution is -2.50. The van der Waals surface area contributed by atoms with E-state index in [0.29, 0.717) is 16.8 Å². The van der Waals surface area contributed by atoms with Crippen LogP contribution < -0.4 is 27.2 Å². The van der Waals surface area contributed by atoms with E-state index in [9.17, 15) is 14.4 Å². The molecule has 3 amide bonds. The molecule has 9 nitrogen and oxygen atoms in total. The maximum atomic E-state index is 12.2. The highest BCUT2D eigenvalue weighted by atomic mass is 16.5. The Bertz CT molecular complexity index is 1140. The first kappa shape index (κ1) is 30.9. The van der Waals surface area contributed by atoms with Crippen LogP contribution in [0.15, 0.2) is 48.5 Å². The second-order valence-corrected chi connectivity index (χ2v) is 7.82. The van der Waals surface area contributed by atoms with E-state index in [1.165, 1.54) is 5.48 Å². The monoisotopic (exact) mass is 505 g/mol. The Balaban J connectivity index is 0.00000684. The van der Waals surface area contributed by atoms with Gasteiger partial charge in [-0.05, 0) is 73.3 Å². The van der Waals surface area contributed by atoms with Crippen LogP contribution in [0.25, 0.3) is 0 Å². The molecule has 2 aromatic carbocycles. The number of nitrogens with two attached hydrogens (primary N) is 1. The average Bonchev–Trinajstić information content (AvgIpc) is 2.90. The fourth-order valence-corrected chi connectivity index (χ4v) is 3.01. The average molecular weight is 506 g/mol. The second-order valence-electron chi connectivity index (χ2n) is 7.82. The van der Waals surface area contributed by atoms with Crippen molar-refractivity contribution in [1.82, 2.24) is 16.1 Å². The maximum Gasteiger partial charge on any atom is 0.267 e. The van der Waals surface area contributed by atoms with Gasteiger partial charge in [-0.25, -0.2) is 5.48 Å². The van der Waals surface area contributed by atoms with E-state index in [1.54, 1.807) is 48.5 Å². The van der Waals surface area contributed by atoms with E-state index in [-0.39, 0.29) is 26.4 Å². The van der Waals surface area contributed by atoms with Gasteiger partial charge in [0.25, 0.3) is 11.8 Å². The lowest BCUT2D eigenvalue weighted by Gasteiger charge is -2.14. The van der Waals surface area contributed by atoms with Crippen LogP contribution in [0.2, 0.25) is 0 Å². The SMILES string of the molecule is C.CCCCCNCC(=O)Nc1ccc(C#CC#Cc2ccc(C(=O)N[C@@H](CN)C(=O)NO)cc2)cc1. The van der Waals surface area contributed by atoms with E-state index < -0.39 is 17.9 Å². The summed E-state index contributed by atoms with van der Waals surface area (Å²) in [4.78, 5) is 35.6. The smallest absolute Gasteiger partial charge is 0.267 e. The number of amides is 3. The van der Waals surface area contributed by atoms with Gasteiger partial charge in [-0.2, -0.15) is 0 Å². The van der Waals surface area contributed by atoms with Crippen molar-refractivity contribution >= 4 is 23.4 Å². The Labute approximate surface area is 218 Å². The van der Waals surface area contributed by atoms with Crippen molar-refractivity contribution < 1.29 is 19.6 Å². The molecule has 0 saturated heterocycles. The Morgan fingerprint density at radius 2 is 1.54 bits per heavy atom. The van der Waals surface area contributed by atoms with Crippen molar-refractivity contribution in [3.8, 4) is 23.7 Å². The highest BCUT2D eigenvalue weighted by Crippen LogP contribution is 2.08. The topological polar surface area (TPSA) is 146 Å². The third kappa shape index (κ3) is 11.4. The number of unbranched alkanes of at least 4 members (excludes halogenated alkanes) is 2. The first-order chi connectivity index (χ1) is 17.5. The van der Waals surface area contributed by atoms with Crippen molar-refractivity contribution in [1.29, 1.82) is 0 Å². The number of benzene rings is 2. The van der Waals surface area contributed by atoms with Crippen molar-refractivity contribution in [3.05, 3.63) is 65.2 Å². The molecule has 0 fully saturated rings. The molecule has 1 atom stereocenters. The minimum atomic E-state index is -1.04. The third-order valence-corrected chi connectivity index (χ3v) is 5.00. The second kappa shape index (κ2) is 17.3. The lowest BCUT2D eigenvalue weighted by molar-refractivity contribution is -0.130. The number of hydrogen-bond acceptors (Lipinski definition) is 6. The fourth-order valence-electron chi connectivity index (χ4n) is 3.01. The van der Waals surface area contributed by atoms with Crippen molar-refractivity contribution in [2.45, 2.75) is 39.7 Å². The zero-order valence-electron chi connectivity index (χ0n) is 20.2. The van der Waals surface area contributed by atoms with Crippen molar-refractivity contribution in [2.24, 2.45) is 5.73 Å². The molecule has 2 rings (SSSR count). The van der Waals surface area contributed by atoms with Crippen LogP contribution in [0.5, 0.6) is 0 Å². The van der Waals surface area contributed by atoms with Crippen LogP contribution in [0, 0.1) is 23.7 Å². The number of carbonyl (C=O) groups excluding carboxylic acids is 3. The maximum absolute atomic E-state index is 12.2. The first-order valence-electron chi connectivity index (χ1n) is 11.6. The van der Waals surface area contributed by atoms with Crippen LogP contribution in [-0.4, -0.2) is 48.6 Å². The van der Waals surface area contributed by atoms with Gasteiger partial charge >= 0.3 is 0 Å². The minimum absolute atomic E-state index is 0. The molecular formula is C28H35N5O4. The van der Waals surface area contributed by atoms with Crippen LogP contribution in [0.3, 0.4) is 0 Å². The van der Waals surface area contributed by atoms with Gasteiger partial charge < -0.3 is 21.7 Å². The van der Waals surface area contributed by atoms with E-state index in [2.05, 4.69) is 46.6 Å². The Kier molecular flexibility index (Phi) is 14.4. The van der Waals surface area contributed by atoms with Crippen LogP contribution in [0.4, 0.5) is 5.69 Å². The molecule has 0 bridgehead atoms. The number of hydrogen-bond donors (Lipinski definition) is 6. The summed E-state index contributed by atoms with van der Waals surface area (Å²) in [5, 5.41) is 17.1. The van der Waals surface area contributed by atoms with Crippen LogP contribution in [0.1, 0.15) is 55.1 Å². The van der Waals surface area contributed by atoms with E-state index in [0.717, 1.165) is 31.4 Å². The van der Waals surface area contributed by atoms with Crippen LogP contribution in [-0.2, 0) is 9.59 Å². The molecule has 196 valence electrons. The molecule has 0 saturated carbocycles. The Morgan fingerprint density at radius 3 is 2.08 bits per heavy atom. The number of nitrogens with one attached hydrogen (secondary N) is 4. The molecule has 0 heterocycles. The van der Waals surface area contributed by atoms with Gasteiger partial charge in [0.1, 0.15) is 6.04 Å². The molecule has 0 radical (unpaired) electrons. The molecule has 9 heteroatoms. The van der Waals surface area contributed by atoms with E-state index in [4.69, 9.17) is 10.9 Å². The van der Waals surface area contributed by atoms with Crippen molar-refractivity contribution in [2.75, 3.05) is 25.0 Å². The normalized spacial score (nSPS) is 10.4. The minimum Gasteiger partial charge on any atom is -0.339 e. The summed E-state index contributed by atoms with van der Waals surface area (Å²) in [6, 6.07) is 12.6. The van der Waals surface area contributed by atoms with E-state index in [1.807, 2.05) is 0 Å². The van der Waals surface area contributed by atoms with Gasteiger partial charge in [0.05, 0.1) is 6.54 Å².